The van der Waals surface area contributed by atoms with Crippen molar-refractivity contribution in [1.82, 2.24) is 0 Å². The van der Waals surface area contributed by atoms with Crippen LogP contribution in [0.5, 0.6) is 0 Å². The molecule has 6 heteroatoms. The summed E-state index contributed by atoms with van der Waals surface area (Å²) in [7, 11) is -1.42. The fraction of sp³-hybridized carbons (Fsp3) is 0.200. The van der Waals surface area contributed by atoms with Crippen LogP contribution >= 0.6 is 34.7 Å². The first-order valence-corrected chi connectivity index (χ1v) is 5.26. The minimum absolute atomic E-state index is 0.493. The molecule has 1 aromatic rings. The van der Waals surface area contributed by atoms with Crippen LogP contribution in [-0.2, 0) is 0 Å². The van der Waals surface area contributed by atoms with Crippen molar-refractivity contribution < 1.29 is 10.0 Å². The van der Waals surface area contributed by atoms with Crippen LogP contribution in [0.2, 0.25) is 4.34 Å². The van der Waals surface area contributed by atoms with Gasteiger partial charge in [0.25, 0.3) is 0 Å². The summed E-state index contributed by atoms with van der Waals surface area (Å²) in [5, 5.41) is 17.7. The molecule has 0 aliphatic carbocycles. The average molecular weight is 209 g/mol. The van der Waals surface area contributed by atoms with E-state index in [0.29, 0.717) is 9.80 Å². The van der Waals surface area contributed by atoms with Gasteiger partial charge in [-0.15, -0.1) is 23.1 Å². The van der Waals surface area contributed by atoms with Gasteiger partial charge in [0.15, 0.2) is 0 Å². The maximum absolute atomic E-state index is 8.84. The molecule has 11 heavy (non-hydrogen) atoms. The highest BCUT2D eigenvalue weighted by Crippen LogP contribution is 2.26. The van der Waals surface area contributed by atoms with Crippen LogP contribution in [0.4, 0.5) is 0 Å². The summed E-state index contributed by atoms with van der Waals surface area (Å²) in [4.78, 5) is 0. The van der Waals surface area contributed by atoms with Crippen molar-refractivity contribution in [2.45, 2.75) is 4.21 Å². The normalized spacial score (nSPS) is 10.2. The third-order valence-electron chi connectivity index (χ3n) is 1.16. The van der Waals surface area contributed by atoms with Gasteiger partial charge < -0.3 is 10.0 Å². The molecule has 1 heterocycles. The Bertz CT molecular complexity index is 251. The number of hydrogen-bond acceptors (Lipinski definition) is 4. The van der Waals surface area contributed by atoms with E-state index in [1.807, 2.05) is 6.26 Å². The lowest BCUT2D eigenvalue weighted by Gasteiger charge is -1.96. The van der Waals surface area contributed by atoms with Gasteiger partial charge in [0.2, 0.25) is 0 Å². The van der Waals surface area contributed by atoms with E-state index in [-0.39, 0.29) is 0 Å². The molecule has 1 rings (SSSR count). The van der Waals surface area contributed by atoms with Gasteiger partial charge in [0.05, 0.1) is 8.55 Å². The number of hydrogen-bond donors (Lipinski definition) is 2. The van der Waals surface area contributed by atoms with E-state index in [1.54, 1.807) is 6.07 Å². The maximum atomic E-state index is 8.84. The van der Waals surface area contributed by atoms with Gasteiger partial charge in [0, 0.05) is 5.46 Å². The van der Waals surface area contributed by atoms with Crippen molar-refractivity contribution in [2.75, 3.05) is 6.26 Å². The first kappa shape index (κ1) is 9.41. The number of rotatable bonds is 2. The van der Waals surface area contributed by atoms with Crippen LogP contribution in [0, 0.1) is 0 Å². The number of thiophene rings is 1. The number of thioether (sulfide) groups is 1. The van der Waals surface area contributed by atoms with Crippen LogP contribution in [-0.4, -0.2) is 23.4 Å². The first-order valence-electron chi connectivity index (χ1n) is 2.84. The molecule has 2 nitrogen and oxygen atoms in total. The highest BCUT2D eigenvalue weighted by atomic mass is 35.5. The van der Waals surface area contributed by atoms with Crippen LogP contribution in [0.3, 0.4) is 0 Å². The van der Waals surface area contributed by atoms with E-state index >= 15 is 0 Å². The molecule has 0 spiro atoms. The van der Waals surface area contributed by atoms with Gasteiger partial charge in [-0.25, -0.2) is 0 Å². The monoisotopic (exact) mass is 208 g/mol. The standard InChI is InChI=1S/C5H6BClO2S2/c1-10-5-3(6(8)9)2-4(7)11-5/h2,8-9H,1H3. The predicted molar refractivity (Wildman–Crippen MR) is 50.9 cm³/mol. The van der Waals surface area contributed by atoms with Crippen molar-refractivity contribution in [3.8, 4) is 0 Å². The molecular weight excluding hydrogens is 202 g/mol. The molecule has 0 aromatic carbocycles. The van der Waals surface area contributed by atoms with Gasteiger partial charge in [-0.05, 0) is 12.3 Å². The summed E-state index contributed by atoms with van der Waals surface area (Å²) in [5.41, 5.74) is 0.493. The topological polar surface area (TPSA) is 40.5 Å². The largest absolute Gasteiger partial charge is 0.490 e. The van der Waals surface area contributed by atoms with E-state index in [2.05, 4.69) is 0 Å². The molecule has 0 bridgehead atoms. The molecule has 0 saturated heterocycles. The molecule has 0 unspecified atom stereocenters. The Labute approximate surface area is 78.3 Å². The summed E-state index contributed by atoms with van der Waals surface area (Å²) in [6.07, 6.45) is 1.87. The van der Waals surface area contributed by atoms with Crippen LogP contribution in [0.1, 0.15) is 0 Å². The fourth-order valence-corrected chi connectivity index (χ4v) is 2.83. The average Bonchev–Trinajstić information content (AvgIpc) is 2.30. The third-order valence-corrected chi connectivity index (χ3v) is 3.59. The molecule has 0 fully saturated rings. The summed E-state index contributed by atoms with van der Waals surface area (Å²) in [6, 6.07) is 1.57. The third kappa shape index (κ3) is 2.13. The Morgan fingerprint density at radius 1 is 1.64 bits per heavy atom. The summed E-state index contributed by atoms with van der Waals surface area (Å²) < 4.78 is 1.43. The van der Waals surface area contributed by atoms with Crippen LogP contribution in [0.15, 0.2) is 10.3 Å². The SMILES string of the molecule is CSc1sc(Cl)cc1B(O)O. The minimum atomic E-state index is -1.42. The lowest BCUT2D eigenvalue weighted by atomic mass is 9.83. The van der Waals surface area contributed by atoms with Crippen molar-refractivity contribution >= 4 is 47.3 Å². The van der Waals surface area contributed by atoms with E-state index in [9.17, 15) is 0 Å². The van der Waals surface area contributed by atoms with Gasteiger partial charge in [-0.3, -0.25) is 0 Å². The van der Waals surface area contributed by atoms with Gasteiger partial charge in [-0.2, -0.15) is 0 Å². The lowest BCUT2D eigenvalue weighted by molar-refractivity contribution is 0.425. The molecule has 2 N–H and O–H groups in total. The highest BCUT2D eigenvalue weighted by Gasteiger charge is 2.18. The zero-order chi connectivity index (χ0) is 8.43. The van der Waals surface area contributed by atoms with E-state index in [4.69, 9.17) is 21.6 Å². The smallest absolute Gasteiger partial charge is 0.423 e. The molecule has 1 aromatic heterocycles. The molecule has 0 aliphatic rings. The first-order chi connectivity index (χ1) is 5.15. The summed E-state index contributed by atoms with van der Waals surface area (Å²) in [6.45, 7) is 0. The Balaban J connectivity index is 3.02. The Morgan fingerprint density at radius 2 is 2.27 bits per heavy atom. The minimum Gasteiger partial charge on any atom is -0.423 e. The molecule has 0 radical (unpaired) electrons. The second-order valence-electron chi connectivity index (χ2n) is 1.87. The summed E-state index contributed by atoms with van der Waals surface area (Å²) in [5.74, 6) is 0. The summed E-state index contributed by atoms with van der Waals surface area (Å²) >= 11 is 8.48. The molecular formula is C5H6BClO2S2. The van der Waals surface area contributed by atoms with Crippen molar-refractivity contribution in [1.29, 1.82) is 0 Å². The van der Waals surface area contributed by atoms with E-state index < -0.39 is 7.12 Å². The van der Waals surface area contributed by atoms with E-state index in [0.717, 1.165) is 4.21 Å². The maximum Gasteiger partial charge on any atom is 0.490 e. The van der Waals surface area contributed by atoms with Crippen LogP contribution in [0.25, 0.3) is 0 Å². The number of halogens is 1. The second kappa shape index (κ2) is 3.82. The lowest BCUT2D eigenvalue weighted by Crippen LogP contribution is -2.29. The molecule has 0 atom stereocenters. The van der Waals surface area contributed by atoms with Gasteiger partial charge in [0.1, 0.15) is 0 Å². The highest BCUT2D eigenvalue weighted by molar-refractivity contribution is 8.00. The zero-order valence-electron chi connectivity index (χ0n) is 5.74. The zero-order valence-corrected chi connectivity index (χ0v) is 8.13. The molecule has 0 aliphatic heterocycles. The van der Waals surface area contributed by atoms with E-state index in [1.165, 1.54) is 23.1 Å². The molecule has 60 valence electrons. The van der Waals surface area contributed by atoms with Crippen molar-refractivity contribution in [3.05, 3.63) is 10.4 Å². The van der Waals surface area contributed by atoms with Crippen LogP contribution < -0.4 is 5.46 Å². The van der Waals surface area contributed by atoms with Gasteiger partial charge in [-0.1, -0.05) is 11.6 Å². The quantitative estimate of drug-likeness (QED) is 0.558. The molecule has 0 amide bonds. The Kier molecular flexibility index (Phi) is 3.27. The Morgan fingerprint density at radius 3 is 2.64 bits per heavy atom. The van der Waals surface area contributed by atoms with Gasteiger partial charge >= 0.3 is 7.12 Å². The Hall–Kier alpha value is 0.325. The van der Waals surface area contributed by atoms with Crippen molar-refractivity contribution in [2.24, 2.45) is 0 Å². The second-order valence-corrected chi connectivity index (χ2v) is 4.63. The fourth-order valence-electron chi connectivity index (χ4n) is 0.698. The van der Waals surface area contributed by atoms with Crippen molar-refractivity contribution in [3.63, 3.8) is 0 Å². The molecule has 0 saturated carbocycles. The predicted octanol–water partition coefficient (Wildman–Crippen LogP) is 0.803.